The van der Waals surface area contributed by atoms with Gasteiger partial charge in [-0.1, -0.05) is 30.3 Å². The predicted molar refractivity (Wildman–Crippen MR) is 90.7 cm³/mol. The normalized spacial score (nSPS) is 12.5. The Labute approximate surface area is 140 Å². The monoisotopic (exact) mass is 366 g/mol. The maximum Gasteiger partial charge on any atom is 0.0716 e. The van der Waals surface area contributed by atoms with Crippen molar-refractivity contribution in [3.63, 3.8) is 0 Å². The van der Waals surface area contributed by atoms with E-state index < -0.39 is 0 Å². The van der Waals surface area contributed by atoms with Gasteiger partial charge in [-0.15, -0.1) is 0 Å². The molecule has 0 amide bonds. The van der Waals surface area contributed by atoms with Gasteiger partial charge in [-0.05, 0) is 41.3 Å². The highest BCUT2D eigenvalue weighted by atomic mass is 79.9. The zero-order valence-corrected chi connectivity index (χ0v) is 14.5. The summed E-state index contributed by atoms with van der Waals surface area (Å²) in [5.74, 6) is 0. The van der Waals surface area contributed by atoms with Gasteiger partial charge >= 0.3 is 0 Å². The predicted octanol–water partition coefficient (Wildman–Crippen LogP) is 4.05. The van der Waals surface area contributed by atoms with Crippen molar-refractivity contribution in [3.8, 4) is 0 Å². The Balaban J connectivity index is 1.47. The lowest BCUT2D eigenvalue weighted by Crippen LogP contribution is -2.14. The minimum atomic E-state index is 0.233. The van der Waals surface area contributed by atoms with Crippen LogP contribution in [-0.4, -0.2) is 29.1 Å². The molecule has 0 aliphatic heterocycles. The lowest BCUT2D eigenvalue weighted by molar-refractivity contribution is 0.0332. The summed E-state index contributed by atoms with van der Waals surface area (Å²) in [5.41, 5.74) is 1.21. The summed E-state index contributed by atoms with van der Waals surface area (Å²) in [6.45, 7) is 5.11. The van der Waals surface area contributed by atoms with E-state index in [4.69, 9.17) is 9.47 Å². The van der Waals surface area contributed by atoms with Crippen molar-refractivity contribution in [2.75, 3.05) is 13.2 Å². The average molecular weight is 367 g/mol. The fourth-order valence-electron chi connectivity index (χ4n) is 2.07. The number of ether oxygens (including phenoxy) is 2. The smallest absolute Gasteiger partial charge is 0.0716 e. The summed E-state index contributed by atoms with van der Waals surface area (Å²) in [4.78, 5) is 0. The van der Waals surface area contributed by atoms with E-state index in [0.717, 1.165) is 37.1 Å². The fraction of sp³-hybridized carbons (Fsp3) is 0.471. The van der Waals surface area contributed by atoms with Crippen LogP contribution in [0.3, 0.4) is 0 Å². The molecule has 4 nitrogen and oxygen atoms in total. The van der Waals surface area contributed by atoms with Crippen molar-refractivity contribution >= 4 is 15.9 Å². The van der Waals surface area contributed by atoms with Crippen LogP contribution >= 0.6 is 15.9 Å². The summed E-state index contributed by atoms with van der Waals surface area (Å²) in [6.07, 6.45) is 5.89. The van der Waals surface area contributed by atoms with Crippen molar-refractivity contribution in [1.82, 2.24) is 9.78 Å². The van der Waals surface area contributed by atoms with Gasteiger partial charge < -0.3 is 9.47 Å². The third-order valence-electron chi connectivity index (χ3n) is 3.31. The highest BCUT2D eigenvalue weighted by molar-refractivity contribution is 9.10. The first-order valence-electron chi connectivity index (χ1n) is 7.65. The van der Waals surface area contributed by atoms with Crippen LogP contribution in [0, 0.1) is 0 Å². The third kappa shape index (κ3) is 6.73. The molecule has 0 saturated heterocycles. The van der Waals surface area contributed by atoms with Crippen LogP contribution in [0.1, 0.15) is 25.3 Å². The minimum Gasteiger partial charge on any atom is -0.378 e. The second-order valence-electron chi connectivity index (χ2n) is 5.28. The number of benzene rings is 1. The van der Waals surface area contributed by atoms with Gasteiger partial charge in [0.2, 0.25) is 0 Å². The van der Waals surface area contributed by atoms with E-state index in [-0.39, 0.29) is 6.10 Å². The van der Waals surface area contributed by atoms with E-state index in [2.05, 4.69) is 40.1 Å². The zero-order valence-electron chi connectivity index (χ0n) is 13.0. The molecular weight excluding hydrogens is 344 g/mol. The van der Waals surface area contributed by atoms with Crippen LogP contribution in [-0.2, 0) is 22.6 Å². The van der Waals surface area contributed by atoms with Crippen LogP contribution in [0.15, 0.2) is 47.2 Å². The molecule has 0 radical (unpaired) electrons. The molecule has 120 valence electrons. The van der Waals surface area contributed by atoms with Gasteiger partial charge in [0.1, 0.15) is 0 Å². The molecule has 1 heterocycles. The molecule has 1 unspecified atom stereocenters. The first-order valence-corrected chi connectivity index (χ1v) is 8.44. The highest BCUT2D eigenvalue weighted by Crippen LogP contribution is 2.08. The molecule has 2 aromatic rings. The molecule has 0 aliphatic carbocycles. The summed E-state index contributed by atoms with van der Waals surface area (Å²) in [5, 5.41) is 4.23. The molecule has 0 saturated carbocycles. The molecule has 0 bridgehead atoms. The van der Waals surface area contributed by atoms with Gasteiger partial charge in [-0.2, -0.15) is 5.10 Å². The Morgan fingerprint density at radius 3 is 2.77 bits per heavy atom. The lowest BCUT2D eigenvalue weighted by atomic mass is 10.2. The number of hydrogen-bond acceptors (Lipinski definition) is 3. The summed E-state index contributed by atoms with van der Waals surface area (Å²) >= 11 is 3.39. The van der Waals surface area contributed by atoms with Gasteiger partial charge in [-0.25, -0.2) is 0 Å². The van der Waals surface area contributed by atoms with Crippen LogP contribution < -0.4 is 0 Å². The standard InChI is InChI=1S/C17H23BrN2O2/c1-15(8-9-20-13-17(18)12-19-20)22-11-5-10-21-14-16-6-3-2-4-7-16/h2-4,6-7,12-13,15H,5,8-11,14H2,1H3. The maximum atomic E-state index is 5.79. The van der Waals surface area contributed by atoms with Gasteiger partial charge in [0.25, 0.3) is 0 Å². The molecule has 0 N–H and O–H groups in total. The van der Waals surface area contributed by atoms with E-state index in [9.17, 15) is 0 Å². The van der Waals surface area contributed by atoms with Crippen LogP contribution in [0.4, 0.5) is 0 Å². The Kier molecular flexibility index (Phi) is 7.63. The summed E-state index contributed by atoms with van der Waals surface area (Å²) in [7, 11) is 0. The molecule has 1 aromatic carbocycles. The number of hydrogen-bond donors (Lipinski definition) is 0. The Morgan fingerprint density at radius 2 is 2.05 bits per heavy atom. The van der Waals surface area contributed by atoms with Crippen molar-refractivity contribution < 1.29 is 9.47 Å². The van der Waals surface area contributed by atoms with E-state index >= 15 is 0 Å². The minimum absolute atomic E-state index is 0.233. The number of halogens is 1. The summed E-state index contributed by atoms with van der Waals surface area (Å²) in [6, 6.07) is 10.2. The van der Waals surface area contributed by atoms with Crippen LogP contribution in [0.25, 0.3) is 0 Å². The average Bonchev–Trinajstić information content (AvgIpc) is 2.95. The van der Waals surface area contributed by atoms with Crippen molar-refractivity contribution in [3.05, 3.63) is 52.8 Å². The van der Waals surface area contributed by atoms with E-state index in [0.29, 0.717) is 6.61 Å². The molecule has 1 atom stereocenters. The number of aryl methyl sites for hydroxylation is 1. The molecule has 0 aliphatic rings. The molecular formula is C17H23BrN2O2. The van der Waals surface area contributed by atoms with Crippen molar-refractivity contribution in [1.29, 1.82) is 0 Å². The van der Waals surface area contributed by atoms with E-state index in [1.54, 1.807) is 6.20 Å². The van der Waals surface area contributed by atoms with Crippen LogP contribution in [0.5, 0.6) is 0 Å². The molecule has 0 fully saturated rings. The van der Waals surface area contributed by atoms with Gasteiger partial charge in [0, 0.05) is 26.0 Å². The van der Waals surface area contributed by atoms with Gasteiger partial charge in [-0.3, -0.25) is 4.68 Å². The summed E-state index contributed by atoms with van der Waals surface area (Å²) < 4.78 is 14.4. The van der Waals surface area contributed by atoms with E-state index in [1.807, 2.05) is 29.1 Å². The van der Waals surface area contributed by atoms with Gasteiger partial charge in [0.15, 0.2) is 0 Å². The number of nitrogens with zero attached hydrogens (tertiary/aromatic N) is 2. The lowest BCUT2D eigenvalue weighted by Gasteiger charge is -2.13. The number of rotatable bonds is 10. The second-order valence-corrected chi connectivity index (χ2v) is 6.20. The third-order valence-corrected chi connectivity index (χ3v) is 3.72. The topological polar surface area (TPSA) is 36.3 Å². The molecule has 0 spiro atoms. The van der Waals surface area contributed by atoms with E-state index in [1.165, 1.54) is 5.56 Å². The fourth-order valence-corrected chi connectivity index (χ4v) is 2.40. The highest BCUT2D eigenvalue weighted by Gasteiger charge is 2.03. The Hall–Kier alpha value is -1.17. The van der Waals surface area contributed by atoms with Crippen LogP contribution in [0.2, 0.25) is 0 Å². The molecule has 22 heavy (non-hydrogen) atoms. The SMILES string of the molecule is CC(CCn1cc(Br)cn1)OCCCOCc1ccccc1. The number of aromatic nitrogens is 2. The zero-order chi connectivity index (χ0) is 15.6. The first-order chi connectivity index (χ1) is 10.7. The first kappa shape index (κ1) is 17.2. The Bertz CT molecular complexity index is 530. The quantitative estimate of drug-likeness (QED) is 0.595. The van der Waals surface area contributed by atoms with Gasteiger partial charge in [0.05, 0.1) is 23.4 Å². The Morgan fingerprint density at radius 1 is 1.23 bits per heavy atom. The maximum absolute atomic E-state index is 5.79. The molecule has 2 rings (SSSR count). The van der Waals surface area contributed by atoms with Crippen molar-refractivity contribution in [2.45, 2.75) is 39.0 Å². The van der Waals surface area contributed by atoms with Crippen molar-refractivity contribution in [2.24, 2.45) is 0 Å². The molecule has 1 aromatic heterocycles. The largest absolute Gasteiger partial charge is 0.378 e. The second kappa shape index (κ2) is 9.77. The molecule has 5 heteroatoms.